The van der Waals surface area contributed by atoms with Crippen LogP contribution in [0.2, 0.25) is 0 Å². The lowest BCUT2D eigenvalue weighted by molar-refractivity contribution is -0.123. The lowest BCUT2D eigenvalue weighted by Gasteiger charge is -2.25. The van der Waals surface area contributed by atoms with E-state index in [2.05, 4.69) is 5.32 Å². The van der Waals surface area contributed by atoms with Crippen LogP contribution in [0.5, 0.6) is 5.75 Å². The van der Waals surface area contributed by atoms with E-state index in [9.17, 15) is 26.8 Å². The number of carbonyl (C=O) groups excluding carboxylic acids is 2. The lowest BCUT2D eigenvalue weighted by atomic mass is 10.1. The van der Waals surface area contributed by atoms with Crippen molar-refractivity contribution in [1.29, 1.82) is 0 Å². The lowest BCUT2D eigenvalue weighted by Crippen LogP contribution is -2.36. The molecule has 0 bridgehead atoms. The average molecular weight is 410 g/mol. The standard InChI is InChI=1S/C18H16F2N2O5S/c1-2-15-18(24)21-14-9-11(4-6-16(14)27-15)28(25,26)22-17(23)8-10-3-5-12(19)13(20)7-10/h3-7,9,15H,2,8H2,1H3,(H,21,24)(H,22,23)/t15-/m0/s1. The highest BCUT2D eigenvalue weighted by Crippen LogP contribution is 2.32. The molecule has 2 amide bonds. The number of rotatable bonds is 5. The number of hydrogen-bond acceptors (Lipinski definition) is 5. The minimum Gasteiger partial charge on any atom is -0.478 e. The SMILES string of the molecule is CC[C@@H]1Oc2ccc(S(=O)(=O)NC(=O)Cc3ccc(F)c(F)c3)cc2NC1=O. The Bertz CT molecular complexity index is 1060. The van der Waals surface area contributed by atoms with E-state index < -0.39 is 46.0 Å². The van der Waals surface area contributed by atoms with Crippen LogP contribution >= 0.6 is 0 Å². The highest BCUT2D eigenvalue weighted by molar-refractivity contribution is 7.90. The molecule has 28 heavy (non-hydrogen) atoms. The van der Waals surface area contributed by atoms with Gasteiger partial charge in [-0.1, -0.05) is 13.0 Å². The summed E-state index contributed by atoms with van der Waals surface area (Å²) in [5, 5.41) is 2.56. The third-order valence-electron chi connectivity index (χ3n) is 4.05. The van der Waals surface area contributed by atoms with Crippen LogP contribution in [0.3, 0.4) is 0 Å². The van der Waals surface area contributed by atoms with Crippen LogP contribution in [0.25, 0.3) is 0 Å². The molecular formula is C18H16F2N2O5S. The summed E-state index contributed by atoms with van der Waals surface area (Å²) in [5.41, 5.74) is 0.286. The zero-order chi connectivity index (χ0) is 20.5. The van der Waals surface area contributed by atoms with Crippen LogP contribution in [0.15, 0.2) is 41.3 Å². The summed E-state index contributed by atoms with van der Waals surface area (Å²) >= 11 is 0. The van der Waals surface area contributed by atoms with Gasteiger partial charge in [-0.3, -0.25) is 9.59 Å². The molecule has 2 N–H and O–H groups in total. The van der Waals surface area contributed by atoms with Gasteiger partial charge in [0.1, 0.15) is 5.75 Å². The fourth-order valence-electron chi connectivity index (χ4n) is 2.65. The maximum Gasteiger partial charge on any atom is 0.265 e. The predicted molar refractivity (Wildman–Crippen MR) is 95.2 cm³/mol. The van der Waals surface area contributed by atoms with E-state index in [4.69, 9.17) is 4.74 Å². The zero-order valence-electron chi connectivity index (χ0n) is 14.7. The van der Waals surface area contributed by atoms with Gasteiger partial charge in [0.05, 0.1) is 17.0 Å². The molecule has 2 aromatic carbocycles. The van der Waals surface area contributed by atoms with Crippen LogP contribution in [0.4, 0.5) is 14.5 Å². The zero-order valence-corrected chi connectivity index (χ0v) is 15.5. The fraction of sp³-hybridized carbons (Fsp3) is 0.222. The minimum absolute atomic E-state index is 0.114. The summed E-state index contributed by atoms with van der Waals surface area (Å²) in [6.07, 6.45) is -0.670. The van der Waals surface area contributed by atoms with Crippen molar-refractivity contribution in [3.63, 3.8) is 0 Å². The van der Waals surface area contributed by atoms with Crippen molar-refractivity contribution < 1.29 is 31.5 Å². The summed E-state index contributed by atoms with van der Waals surface area (Å²) in [4.78, 5) is 23.6. The molecule has 3 rings (SSSR count). The minimum atomic E-state index is -4.24. The van der Waals surface area contributed by atoms with Crippen molar-refractivity contribution in [1.82, 2.24) is 4.72 Å². The Hall–Kier alpha value is -3.01. The van der Waals surface area contributed by atoms with E-state index in [-0.39, 0.29) is 16.1 Å². The third-order valence-corrected chi connectivity index (χ3v) is 5.42. The number of amides is 2. The Labute approximate surface area is 159 Å². The highest BCUT2D eigenvalue weighted by atomic mass is 32.2. The molecule has 0 saturated carbocycles. The summed E-state index contributed by atoms with van der Waals surface area (Å²) in [6.45, 7) is 1.77. The number of anilines is 1. The van der Waals surface area contributed by atoms with Gasteiger partial charge in [0.25, 0.3) is 15.9 Å². The molecule has 7 nitrogen and oxygen atoms in total. The van der Waals surface area contributed by atoms with Crippen LogP contribution < -0.4 is 14.8 Å². The van der Waals surface area contributed by atoms with Crippen molar-refractivity contribution >= 4 is 27.5 Å². The van der Waals surface area contributed by atoms with E-state index in [1.165, 1.54) is 24.3 Å². The van der Waals surface area contributed by atoms with Gasteiger partial charge in [-0.25, -0.2) is 21.9 Å². The number of benzene rings is 2. The number of halogens is 2. The Morgan fingerprint density at radius 1 is 1.18 bits per heavy atom. The summed E-state index contributed by atoms with van der Waals surface area (Å²) in [7, 11) is -4.24. The number of ether oxygens (including phenoxy) is 1. The van der Waals surface area contributed by atoms with Gasteiger partial charge in [-0.05, 0) is 42.3 Å². The molecule has 2 aromatic rings. The Morgan fingerprint density at radius 2 is 1.93 bits per heavy atom. The second kappa shape index (κ2) is 7.55. The quantitative estimate of drug-likeness (QED) is 0.786. The number of nitrogens with one attached hydrogen (secondary N) is 2. The maximum absolute atomic E-state index is 13.2. The summed E-state index contributed by atoms with van der Waals surface area (Å²) in [6, 6.07) is 6.63. The van der Waals surface area contributed by atoms with E-state index >= 15 is 0 Å². The summed E-state index contributed by atoms with van der Waals surface area (Å²) < 4.78 is 58.3. The van der Waals surface area contributed by atoms with E-state index in [0.717, 1.165) is 12.1 Å². The Kier molecular flexibility index (Phi) is 5.32. The van der Waals surface area contributed by atoms with Crippen molar-refractivity contribution in [2.45, 2.75) is 30.8 Å². The van der Waals surface area contributed by atoms with Gasteiger partial charge < -0.3 is 10.1 Å². The topological polar surface area (TPSA) is 102 Å². The van der Waals surface area contributed by atoms with E-state index in [1.807, 2.05) is 4.72 Å². The Balaban J connectivity index is 1.76. The predicted octanol–water partition coefficient (Wildman–Crippen LogP) is 2.12. The molecule has 0 aliphatic carbocycles. The number of carbonyl (C=O) groups is 2. The van der Waals surface area contributed by atoms with Gasteiger partial charge in [-0.2, -0.15) is 0 Å². The largest absolute Gasteiger partial charge is 0.478 e. The highest BCUT2D eigenvalue weighted by Gasteiger charge is 2.28. The number of hydrogen-bond donors (Lipinski definition) is 2. The van der Waals surface area contributed by atoms with Gasteiger partial charge in [-0.15, -0.1) is 0 Å². The Morgan fingerprint density at radius 3 is 2.61 bits per heavy atom. The van der Waals surface area contributed by atoms with Crippen molar-refractivity contribution in [3.05, 3.63) is 53.6 Å². The molecule has 148 valence electrons. The molecule has 0 fully saturated rings. The van der Waals surface area contributed by atoms with Crippen LogP contribution in [-0.4, -0.2) is 26.3 Å². The molecule has 0 aromatic heterocycles. The second-order valence-electron chi connectivity index (χ2n) is 6.12. The van der Waals surface area contributed by atoms with Gasteiger partial charge in [0, 0.05) is 0 Å². The monoisotopic (exact) mass is 410 g/mol. The molecule has 1 atom stereocenters. The summed E-state index contributed by atoms with van der Waals surface area (Å²) in [5.74, 6) is -3.20. The number of sulfonamides is 1. The first-order valence-corrected chi connectivity index (χ1v) is 9.79. The molecule has 0 spiro atoms. The van der Waals surface area contributed by atoms with Crippen LogP contribution in [-0.2, 0) is 26.0 Å². The smallest absolute Gasteiger partial charge is 0.265 e. The first kappa shape index (κ1) is 19.7. The first-order valence-electron chi connectivity index (χ1n) is 8.30. The molecule has 1 aliphatic rings. The molecular weight excluding hydrogens is 394 g/mol. The first-order chi connectivity index (χ1) is 13.2. The molecule has 0 saturated heterocycles. The van der Waals surface area contributed by atoms with Crippen molar-refractivity contribution in [2.75, 3.05) is 5.32 Å². The van der Waals surface area contributed by atoms with Crippen molar-refractivity contribution in [3.8, 4) is 5.75 Å². The normalized spacial score (nSPS) is 16.0. The molecule has 1 aliphatic heterocycles. The number of fused-ring (bicyclic) bond motifs is 1. The molecule has 1 heterocycles. The average Bonchev–Trinajstić information content (AvgIpc) is 2.63. The third kappa shape index (κ3) is 4.11. The van der Waals surface area contributed by atoms with E-state index in [0.29, 0.717) is 12.2 Å². The molecule has 0 radical (unpaired) electrons. The second-order valence-corrected chi connectivity index (χ2v) is 7.80. The molecule has 10 heteroatoms. The van der Waals surface area contributed by atoms with Gasteiger partial charge in [0.2, 0.25) is 5.91 Å². The van der Waals surface area contributed by atoms with Gasteiger partial charge in [0.15, 0.2) is 17.7 Å². The van der Waals surface area contributed by atoms with E-state index in [1.54, 1.807) is 6.92 Å². The maximum atomic E-state index is 13.2. The molecule has 0 unspecified atom stereocenters. The fourth-order valence-corrected chi connectivity index (χ4v) is 3.66. The van der Waals surface area contributed by atoms with Crippen molar-refractivity contribution in [2.24, 2.45) is 0 Å². The van der Waals surface area contributed by atoms with Gasteiger partial charge >= 0.3 is 0 Å². The van der Waals surface area contributed by atoms with Crippen LogP contribution in [0.1, 0.15) is 18.9 Å². The van der Waals surface area contributed by atoms with Crippen LogP contribution in [0, 0.1) is 11.6 Å².